The monoisotopic (exact) mass is 326 g/mol. The minimum atomic E-state index is -0.895. The van der Waals surface area contributed by atoms with Crippen molar-refractivity contribution in [3.8, 4) is 11.3 Å². The minimum Gasteiger partial charge on any atom is -0.232 e. The highest BCUT2D eigenvalue weighted by atomic mass is 79.9. The third-order valence-electron chi connectivity index (χ3n) is 2.59. The molecule has 2 rings (SSSR count). The maximum atomic E-state index is 13.8. The van der Waals surface area contributed by atoms with Gasteiger partial charge in [0, 0.05) is 11.0 Å². The van der Waals surface area contributed by atoms with Crippen molar-refractivity contribution in [2.75, 3.05) is 0 Å². The number of hydrogen-bond acceptors (Lipinski definition) is 2. The normalized spacial score (nSPS) is 11.7. The van der Waals surface area contributed by atoms with Gasteiger partial charge >= 0.3 is 0 Å². The molecule has 0 saturated carbocycles. The van der Waals surface area contributed by atoms with Gasteiger partial charge in [-0.05, 0) is 34.1 Å². The van der Waals surface area contributed by atoms with Crippen molar-refractivity contribution >= 4 is 15.9 Å². The molecule has 0 atom stereocenters. The fourth-order valence-corrected chi connectivity index (χ4v) is 1.98. The summed E-state index contributed by atoms with van der Waals surface area (Å²) in [7, 11) is 0. The second-order valence-corrected chi connectivity index (χ2v) is 6.06. The smallest absolute Gasteiger partial charge is 0.168 e. The average Bonchev–Trinajstić information content (AvgIpc) is 2.31. The third kappa shape index (κ3) is 2.97. The summed E-state index contributed by atoms with van der Waals surface area (Å²) in [5.41, 5.74) is 0.222. The molecule has 0 spiro atoms. The van der Waals surface area contributed by atoms with Gasteiger partial charge in [-0.2, -0.15) is 0 Å². The van der Waals surface area contributed by atoms with Crippen LogP contribution >= 0.6 is 15.9 Å². The molecule has 0 N–H and O–H groups in total. The van der Waals surface area contributed by atoms with E-state index in [1.807, 2.05) is 20.8 Å². The van der Waals surface area contributed by atoms with Crippen LogP contribution in [0.2, 0.25) is 0 Å². The van der Waals surface area contributed by atoms with Crippen LogP contribution in [0.3, 0.4) is 0 Å². The van der Waals surface area contributed by atoms with Gasteiger partial charge in [-0.15, -0.1) is 0 Å². The van der Waals surface area contributed by atoms with Crippen molar-refractivity contribution in [3.05, 3.63) is 46.3 Å². The molecule has 5 heteroatoms. The zero-order valence-corrected chi connectivity index (χ0v) is 12.4. The van der Waals surface area contributed by atoms with Gasteiger partial charge in [0.15, 0.2) is 11.6 Å². The number of rotatable bonds is 1. The first-order valence-corrected chi connectivity index (χ1v) is 6.58. The molecule has 1 aromatic heterocycles. The van der Waals surface area contributed by atoms with E-state index in [1.165, 1.54) is 12.1 Å². The Morgan fingerprint density at radius 2 is 1.79 bits per heavy atom. The van der Waals surface area contributed by atoms with Gasteiger partial charge < -0.3 is 0 Å². The summed E-state index contributed by atoms with van der Waals surface area (Å²) in [6, 6.07) is 5.62. The summed E-state index contributed by atoms with van der Waals surface area (Å²) in [6.45, 7) is 5.88. The summed E-state index contributed by atoms with van der Waals surface area (Å²) >= 11 is 3.28. The highest BCUT2D eigenvalue weighted by Crippen LogP contribution is 2.27. The fraction of sp³-hybridized carbons (Fsp3) is 0.286. The van der Waals surface area contributed by atoms with E-state index in [-0.39, 0.29) is 11.0 Å². The van der Waals surface area contributed by atoms with E-state index in [4.69, 9.17) is 0 Å². The molecule has 0 aliphatic heterocycles. The lowest BCUT2D eigenvalue weighted by atomic mass is 9.95. The lowest BCUT2D eigenvalue weighted by Gasteiger charge is -2.17. The number of hydrogen-bond donors (Lipinski definition) is 0. The third-order valence-corrected chi connectivity index (χ3v) is 3.00. The minimum absolute atomic E-state index is 0.133. The maximum Gasteiger partial charge on any atom is 0.168 e. The van der Waals surface area contributed by atoms with Gasteiger partial charge in [-0.25, -0.2) is 18.7 Å². The molecule has 0 unspecified atom stereocenters. The average molecular weight is 327 g/mol. The van der Waals surface area contributed by atoms with Crippen molar-refractivity contribution in [1.82, 2.24) is 9.97 Å². The summed E-state index contributed by atoms with van der Waals surface area (Å²) in [5, 5.41) is 0. The van der Waals surface area contributed by atoms with Crippen molar-refractivity contribution < 1.29 is 8.78 Å². The molecule has 19 heavy (non-hydrogen) atoms. The molecule has 0 aliphatic rings. The Morgan fingerprint density at radius 3 is 2.42 bits per heavy atom. The van der Waals surface area contributed by atoms with Crippen molar-refractivity contribution in [3.63, 3.8) is 0 Å². The van der Waals surface area contributed by atoms with Gasteiger partial charge in [0.2, 0.25) is 0 Å². The van der Waals surface area contributed by atoms with Crippen molar-refractivity contribution in [1.29, 1.82) is 0 Å². The zero-order chi connectivity index (χ0) is 14.2. The molecule has 0 saturated heterocycles. The molecular formula is C14H13BrF2N2. The predicted molar refractivity (Wildman–Crippen MR) is 73.8 cm³/mol. The van der Waals surface area contributed by atoms with E-state index in [1.54, 1.807) is 6.07 Å². The van der Waals surface area contributed by atoms with Crippen LogP contribution in [0.15, 0.2) is 28.9 Å². The number of benzene rings is 1. The van der Waals surface area contributed by atoms with Crippen LogP contribution in [0, 0.1) is 11.6 Å². The highest BCUT2D eigenvalue weighted by Gasteiger charge is 2.20. The van der Waals surface area contributed by atoms with Gasteiger partial charge in [0.05, 0.1) is 5.69 Å². The van der Waals surface area contributed by atoms with E-state index in [2.05, 4.69) is 25.9 Å². The van der Waals surface area contributed by atoms with E-state index in [9.17, 15) is 8.78 Å². The van der Waals surface area contributed by atoms with Gasteiger partial charge in [0.1, 0.15) is 10.4 Å². The Bertz CT molecular complexity index is 621. The molecule has 2 nitrogen and oxygen atoms in total. The van der Waals surface area contributed by atoms with Gasteiger partial charge in [-0.1, -0.05) is 26.8 Å². The van der Waals surface area contributed by atoms with E-state index in [0.717, 1.165) is 6.07 Å². The Labute approximate surface area is 119 Å². The second kappa shape index (κ2) is 4.96. The van der Waals surface area contributed by atoms with Gasteiger partial charge in [0.25, 0.3) is 0 Å². The van der Waals surface area contributed by atoms with Crippen LogP contribution in [-0.2, 0) is 5.41 Å². The first-order chi connectivity index (χ1) is 8.79. The summed E-state index contributed by atoms with van der Waals surface area (Å²) in [6.07, 6.45) is 0. The SMILES string of the molecule is CC(C)(C)c1nc(Br)cc(-c2cccc(F)c2F)n1. The molecule has 0 fully saturated rings. The summed E-state index contributed by atoms with van der Waals surface area (Å²) in [4.78, 5) is 8.60. The fourth-order valence-electron chi connectivity index (χ4n) is 1.59. The van der Waals surface area contributed by atoms with E-state index < -0.39 is 11.6 Å². The highest BCUT2D eigenvalue weighted by molar-refractivity contribution is 9.10. The van der Waals surface area contributed by atoms with Crippen LogP contribution in [0.25, 0.3) is 11.3 Å². The topological polar surface area (TPSA) is 25.8 Å². The quantitative estimate of drug-likeness (QED) is 0.722. The predicted octanol–water partition coefficient (Wildman–Crippen LogP) is 4.48. The summed E-state index contributed by atoms with van der Waals surface area (Å²) in [5.74, 6) is -1.21. The Morgan fingerprint density at radius 1 is 1.11 bits per heavy atom. The van der Waals surface area contributed by atoms with Crippen molar-refractivity contribution in [2.45, 2.75) is 26.2 Å². The molecule has 0 aliphatic carbocycles. The van der Waals surface area contributed by atoms with Crippen LogP contribution in [-0.4, -0.2) is 9.97 Å². The molecule has 0 radical (unpaired) electrons. The largest absolute Gasteiger partial charge is 0.232 e. The molecule has 100 valence electrons. The maximum absolute atomic E-state index is 13.8. The number of halogens is 3. The van der Waals surface area contributed by atoms with Crippen molar-refractivity contribution in [2.24, 2.45) is 0 Å². The second-order valence-electron chi connectivity index (χ2n) is 5.25. The van der Waals surface area contributed by atoms with Crippen LogP contribution in [0.5, 0.6) is 0 Å². The Kier molecular flexibility index (Phi) is 3.67. The Balaban J connectivity index is 2.63. The molecule has 0 amide bonds. The standard InChI is InChI=1S/C14H13BrF2N2/c1-14(2,3)13-18-10(7-11(15)19-13)8-5-4-6-9(16)12(8)17/h4-7H,1-3H3. The molecule has 1 aromatic carbocycles. The number of aromatic nitrogens is 2. The lowest BCUT2D eigenvalue weighted by molar-refractivity contribution is 0.510. The zero-order valence-electron chi connectivity index (χ0n) is 10.8. The van der Waals surface area contributed by atoms with Crippen LogP contribution in [0.4, 0.5) is 8.78 Å². The van der Waals surface area contributed by atoms with Crippen LogP contribution in [0.1, 0.15) is 26.6 Å². The molecular weight excluding hydrogens is 314 g/mol. The summed E-state index contributed by atoms with van der Waals surface area (Å²) < 4.78 is 27.6. The molecule has 1 heterocycles. The Hall–Kier alpha value is -1.36. The molecule has 0 bridgehead atoms. The molecule has 2 aromatic rings. The van der Waals surface area contributed by atoms with E-state index >= 15 is 0 Å². The first kappa shape index (κ1) is 14.1. The first-order valence-electron chi connectivity index (χ1n) is 5.78. The number of nitrogens with zero attached hydrogens (tertiary/aromatic N) is 2. The van der Waals surface area contributed by atoms with E-state index in [0.29, 0.717) is 16.1 Å². The van der Waals surface area contributed by atoms with Crippen LogP contribution < -0.4 is 0 Å². The lowest BCUT2D eigenvalue weighted by Crippen LogP contribution is -2.16. The van der Waals surface area contributed by atoms with Gasteiger partial charge in [-0.3, -0.25) is 0 Å².